The second kappa shape index (κ2) is 6.70. The molecule has 1 fully saturated rings. The molecule has 8 nitrogen and oxygen atoms in total. The topological polar surface area (TPSA) is 90.6 Å². The van der Waals surface area contributed by atoms with E-state index in [2.05, 4.69) is 15.1 Å². The van der Waals surface area contributed by atoms with Gasteiger partial charge in [-0.1, -0.05) is 5.16 Å². The van der Waals surface area contributed by atoms with Crippen molar-refractivity contribution in [2.24, 2.45) is 0 Å². The molecule has 1 atom stereocenters. The Kier molecular flexibility index (Phi) is 4.61. The first-order chi connectivity index (χ1) is 11.9. The average molecular weight is 346 g/mol. The fourth-order valence-corrected chi connectivity index (χ4v) is 2.81. The van der Waals surface area contributed by atoms with Gasteiger partial charge in [0.1, 0.15) is 11.3 Å². The van der Waals surface area contributed by atoms with Crippen molar-refractivity contribution in [3.8, 4) is 17.3 Å². The van der Waals surface area contributed by atoms with Crippen LogP contribution >= 0.6 is 0 Å². The molecule has 1 aliphatic heterocycles. The van der Waals surface area contributed by atoms with Crippen LogP contribution in [0, 0.1) is 0 Å². The lowest BCUT2D eigenvalue weighted by atomic mass is 10.1. The SMILES string of the molecule is COc1nccnc1-c1cc(C2CCCN2C(=O)OC(C)(C)C)on1. The molecule has 0 spiro atoms. The van der Waals surface area contributed by atoms with Gasteiger partial charge in [-0.3, -0.25) is 4.90 Å². The summed E-state index contributed by atoms with van der Waals surface area (Å²) in [5.41, 5.74) is 0.488. The Morgan fingerprint density at radius 2 is 2.08 bits per heavy atom. The van der Waals surface area contributed by atoms with Crippen molar-refractivity contribution in [2.75, 3.05) is 13.7 Å². The van der Waals surface area contributed by atoms with Gasteiger partial charge < -0.3 is 14.0 Å². The summed E-state index contributed by atoms with van der Waals surface area (Å²) in [6.45, 7) is 6.18. The van der Waals surface area contributed by atoms with Crippen LogP contribution in [0.15, 0.2) is 23.0 Å². The molecule has 1 unspecified atom stereocenters. The molecule has 8 heteroatoms. The van der Waals surface area contributed by atoms with Crippen LogP contribution in [0.2, 0.25) is 0 Å². The minimum atomic E-state index is -0.538. The predicted octanol–water partition coefficient (Wildman–Crippen LogP) is 3.21. The van der Waals surface area contributed by atoms with E-state index in [1.807, 2.05) is 20.8 Å². The minimum Gasteiger partial charge on any atom is -0.479 e. The van der Waals surface area contributed by atoms with E-state index in [4.69, 9.17) is 14.0 Å². The van der Waals surface area contributed by atoms with Crippen molar-refractivity contribution in [3.63, 3.8) is 0 Å². The molecule has 2 aromatic heterocycles. The summed E-state index contributed by atoms with van der Waals surface area (Å²) < 4.78 is 16.2. The number of carbonyl (C=O) groups excluding carboxylic acids is 1. The van der Waals surface area contributed by atoms with Gasteiger partial charge in [-0.2, -0.15) is 0 Å². The highest BCUT2D eigenvalue weighted by molar-refractivity contribution is 5.69. The molecule has 25 heavy (non-hydrogen) atoms. The number of hydrogen-bond donors (Lipinski definition) is 0. The molecule has 0 aliphatic carbocycles. The number of nitrogens with zero attached hydrogens (tertiary/aromatic N) is 4. The number of methoxy groups -OCH3 is 1. The fourth-order valence-electron chi connectivity index (χ4n) is 2.81. The second-order valence-corrected chi connectivity index (χ2v) is 6.86. The molecular formula is C17H22N4O4. The van der Waals surface area contributed by atoms with Crippen LogP contribution in [0.1, 0.15) is 45.4 Å². The average Bonchev–Trinajstić information content (AvgIpc) is 3.22. The first-order valence-corrected chi connectivity index (χ1v) is 8.20. The summed E-state index contributed by atoms with van der Waals surface area (Å²) >= 11 is 0. The van der Waals surface area contributed by atoms with Crippen LogP contribution in [0.4, 0.5) is 4.79 Å². The van der Waals surface area contributed by atoms with Gasteiger partial charge in [0.05, 0.1) is 13.2 Å². The molecular weight excluding hydrogens is 324 g/mol. The van der Waals surface area contributed by atoms with Gasteiger partial charge in [-0.25, -0.2) is 14.8 Å². The molecule has 1 amide bonds. The third-order valence-electron chi connectivity index (χ3n) is 3.84. The van der Waals surface area contributed by atoms with Crippen LogP contribution in [-0.4, -0.2) is 45.4 Å². The molecule has 0 N–H and O–H groups in total. The normalized spacial score (nSPS) is 17.6. The highest BCUT2D eigenvalue weighted by Gasteiger charge is 2.35. The van der Waals surface area contributed by atoms with Gasteiger partial charge >= 0.3 is 6.09 Å². The summed E-state index contributed by atoms with van der Waals surface area (Å²) in [6.07, 6.45) is 4.45. The highest BCUT2D eigenvalue weighted by Crippen LogP contribution is 2.35. The van der Waals surface area contributed by atoms with E-state index in [1.165, 1.54) is 7.11 Å². The Morgan fingerprint density at radius 1 is 1.32 bits per heavy atom. The zero-order valence-electron chi connectivity index (χ0n) is 14.9. The Bertz CT molecular complexity index is 753. The molecule has 3 rings (SSSR count). The van der Waals surface area contributed by atoms with Gasteiger partial charge in [0, 0.05) is 25.0 Å². The van der Waals surface area contributed by atoms with Crippen molar-refractivity contribution in [1.82, 2.24) is 20.0 Å². The largest absolute Gasteiger partial charge is 0.479 e. The van der Waals surface area contributed by atoms with E-state index >= 15 is 0 Å². The standard InChI is InChI=1S/C17H22N4O4/c1-17(2,3)24-16(22)21-9-5-6-12(21)13-10-11(20-25-13)14-15(23-4)19-8-7-18-14/h7-8,10,12H,5-6,9H2,1-4H3. The molecule has 134 valence electrons. The van der Waals surface area contributed by atoms with Crippen molar-refractivity contribution < 1.29 is 18.8 Å². The Hall–Kier alpha value is -2.64. The van der Waals surface area contributed by atoms with E-state index < -0.39 is 5.60 Å². The number of rotatable bonds is 3. The van der Waals surface area contributed by atoms with Gasteiger partial charge in [-0.05, 0) is 33.6 Å². The van der Waals surface area contributed by atoms with Crippen LogP contribution in [0.3, 0.4) is 0 Å². The smallest absolute Gasteiger partial charge is 0.410 e. The van der Waals surface area contributed by atoms with Gasteiger partial charge in [0.15, 0.2) is 11.5 Å². The Labute approximate surface area is 146 Å². The van der Waals surface area contributed by atoms with Crippen molar-refractivity contribution >= 4 is 6.09 Å². The molecule has 1 saturated heterocycles. The van der Waals surface area contributed by atoms with Crippen LogP contribution in [0.25, 0.3) is 11.4 Å². The van der Waals surface area contributed by atoms with E-state index in [-0.39, 0.29) is 12.1 Å². The van der Waals surface area contributed by atoms with Crippen LogP contribution in [0.5, 0.6) is 5.88 Å². The Morgan fingerprint density at radius 3 is 2.80 bits per heavy atom. The van der Waals surface area contributed by atoms with E-state index in [0.717, 1.165) is 12.8 Å². The second-order valence-electron chi connectivity index (χ2n) is 6.86. The summed E-state index contributed by atoms with van der Waals surface area (Å²) in [6, 6.07) is 1.58. The molecule has 2 aromatic rings. The monoisotopic (exact) mass is 346 g/mol. The van der Waals surface area contributed by atoms with E-state index in [9.17, 15) is 4.79 Å². The zero-order valence-corrected chi connectivity index (χ0v) is 14.9. The van der Waals surface area contributed by atoms with Crippen molar-refractivity contribution in [3.05, 3.63) is 24.2 Å². The van der Waals surface area contributed by atoms with E-state index in [1.54, 1.807) is 23.4 Å². The maximum absolute atomic E-state index is 12.4. The third kappa shape index (κ3) is 3.72. The van der Waals surface area contributed by atoms with Crippen LogP contribution in [-0.2, 0) is 4.74 Å². The summed E-state index contributed by atoms with van der Waals surface area (Å²) in [7, 11) is 1.52. The zero-order chi connectivity index (χ0) is 18.0. The van der Waals surface area contributed by atoms with Gasteiger partial charge in [-0.15, -0.1) is 0 Å². The van der Waals surface area contributed by atoms with Gasteiger partial charge in [0.2, 0.25) is 5.88 Å². The molecule has 3 heterocycles. The lowest BCUT2D eigenvalue weighted by Crippen LogP contribution is -2.36. The lowest BCUT2D eigenvalue weighted by molar-refractivity contribution is 0.0204. The summed E-state index contributed by atoms with van der Waals surface area (Å²) in [5, 5.41) is 4.07. The number of amides is 1. The molecule has 0 radical (unpaired) electrons. The maximum Gasteiger partial charge on any atom is 0.410 e. The maximum atomic E-state index is 12.4. The highest BCUT2D eigenvalue weighted by atomic mass is 16.6. The predicted molar refractivity (Wildman–Crippen MR) is 89.0 cm³/mol. The number of hydrogen-bond acceptors (Lipinski definition) is 7. The molecule has 1 aliphatic rings. The number of carbonyl (C=O) groups is 1. The first-order valence-electron chi connectivity index (χ1n) is 8.20. The van der Waals surface area contributed by atoms with Crippen molar-refractivity contribution in [2.45, 2.75) is 45.3 Å². The molecule has 0 aromatic carbocycles. The van der Waals surface area contributed by atoms with Crippen molar-refractivity contribution in [1.29, 1.82) is 0 Å². The third-order valence-corrected chi connectivity index (χ3v) is 3.84. The number of ether oxygens (including phenoxy) is 2. The Balaban J connectivity index is 1.83. The van der Waals surface area contributed by atoms with E-state index in [0.29, 0.717) is 29.6 Å². The number of aromatic nitrogens is 3. The first kappa shape index (κ1) is 17.2. The molecule has 0 bridgehead atoms. The van der Waals surface area contributed by atoms with Gasteiger partial charge in [0.25, 0.3) is 0 Å². The number of likely N-dealkylation sites (tertiary alicyclic amines) is 1. The fraction of sp³-hybridized carbons (Fsp3) is 0.529. The molecule has 0 saturated carbocycles. The quantitative estimate of drug-likeness (QED) is 0.842. The lowest BCUT2D eigenvalue weighted by Gasteiger charge is -2.27. The summed E-state index contributed by atoms with van der Waals surface area (Å²) in [4.78, 5) is 22.5. The minimum absolute atomic E-state index is 0.196. The van der Waals surface area contributed by atoms with Crippen LogP contribution < -0.4 is 4.74 Å². The summed E-state index contributed by atoms with van der Waals surface area (Å²) in [5.74, 6) is 0.976.